The number of phenols is 2. The van der Waals surface area contributed by atoms with Gasteiger partial charge in [-0.25, -0.2) is 0 Å². The average Bonchev–Trinajstić information content (AvgIpc) is 2.48. The molecule has 0 atom stereocenters. The SMILES string of the molecule is NC(=O)C(=Cc1ccc(O)c(O)c1)SCc1ccc(Cl)cc1. The first kappa shape index (κ1) is 16.3. The van der Waals surface area contributed by atoms with Crippen LogP contribution >= 0.6 is 23.4 Å². The topological polar surface area (TPSA) is 83.6 Å². The lowest BCUT2D eigenvalue weighted by Gasteiger charge is -2.05. The monoisotopic (exact) mass is 335 g/mol. The summed E-state index contributed by atoms with van der Waals surface area (Å²) in [4.78, 5) is 11.9. The van der Waals surface area contributed by atoms with Crippen molar-refractivity contribution in [1.29, 1.82) is 0 Å². The molecule has 2 rings (SSSR count). The summed E-state index contributed by atoms with van der Waals surface area (Å²) < 4.78 is 0. The number of nitrogens with two attached hydrogens (primary N) is 1. The summed E-state index contributed by atoms with van der Waals surface area (Å²) in [6.07, 6.45) is 1.57. The number of hydrogen-bond acceptors (Lipinski definition) is 4. The summed E-state index contributed by atoms with van der Waals surface area (Å²) >= 11 is 7.12. The van der Waals surface area contributed by atoms with Gasteiger partial charge in [0.05, 0.1) is 4.91 Å². The van der Waals surface area contributed by atoms with Crippen LogP contribution < -0.4 is 5.73 Å². The van der Waals surface area contributed by atoms with Crippen molar-refractivity contribution in [3.8, 4) is 11.5 Å². The Morgan fingerprint density at radius 2 is 1.82 bits per heavy atom. The molecule has 0 aliphatic rings. The van der Waals surface area contributed by atoms with E-state index in [0.29, 0.717) is 21.2 Å². The summed E-state index contributed by atoms with van der Waals surface area (Å²) in [5.74, 6) is -0.450. The highest BCUT2D eigenvalue weighted by atomic mass is 35.5. The van der Waals surface area contributed by atoms with Crippen LogP contribution in [0.5, 0.6) is 11.5 Å². The summed E-state index contributed by atoms with van der Waals surface area (Å²) in [7, 11) is 0. The van der Waals surface area contributed by atoms with Crippen LogP contribution in [0.4, 0.5) is 0 Å². The molecule has 114 valence electrons. The van der Waals surface area contributed by atoms with E-state index in [-0.39, 0.29) is 11.5 Å². The van der Waals surface area contributed by atoms with Crippen LogP contribution in [-0.4, -0.2) is 16.1 Å². The number of hydrogen-bond donors (Lipinski definition) is 3. The van der Waals surface area contributed by atoms with Gasteiger partial charge in [-0.2, -0.15) is 0 Å². The maximum absolute atomic E-state index is 11.5. The number of rotatable bonds is 5. The molecule has 0 heterocycles. The fraction of sp³-hybridized carbons (Fsp3) is 0.0625. The third-order valence-electron chi connectivity index (χ3n) is 2.85. The maximum atomic E-state index is 11.5. The molecule has 22 heavy (non-hydrogen) atoms. The molecule has 0 unspecified atom stereocenters. The average molecular weight is 336 g/mol. The standard InChI is InChI=1S/C16H14ClNO3S/c17-12-4-1-10(2-5-12)9-22-15(16(18)21)8-11-3-6-13(19)14(20)7-11/h1-8,19-20H,9H2,(H2,18,21). The number of carbonyl (C=O) groups excluding carboxylic acids is 1. The fourth-order valence-corrected chi connectivity index (χ4v) is 2.71. The molecule has 0 saturated heterocycles. The molecule has 4 N–H and O–H groups in total. The zero-order valence-corrected chi connectivity index (χ0v) is 13.1. The van der Waals surface area contributed by atoms with E-state index in [2.05, 4.69) is 0 Å². The van der Waals surface area contributed by atoms with E-state index >= 15 is 0 Å². The Labute approximate surface area is 137 Å². The van der Waals surface area contributed by atoms with Crippen molar-refractivity contribution in [3.63, 3.8) is 0 Å². The van der Waals surface area contributed by atoms with Gasteiger partial charge in [-0.3, -0.25) is 4.79 Å². The molecule has 6 heteroatoms. The van der Waals surface area contributed by atoms with Gasteiger partial charge in [-0.15, -0.1) is 11.8 Å². The molecule has 1 amide bonds. The van der Waals surface area contributed by atoms with E-state index < -0.39 is 5.91 Å². The predicted octanol–water partition coefficient (Wildman–Crippen LogP) is 3.51. The van der Waals surface area contributed by atoms with Gasteiger partial charge in [-0.1, -0.05) is 29.8 Å². The van der Waals surface area contributed by atoms with Crippen LogP contribution in [0.3, 0.4) is 0 Å². The highest BCUT2D eigenvalue weighted by molar-refractivity contribution is 8.03. The second-order valence-corrected chi connectivity index (χ2v) is 5.99. The van der Waals surface area contributed by atoms with Gasteiger partial charge in [0.1, 0.15) is 0 Å². The molecule has 0 spiro atoms. The number of benzene rings is 2. The highest BCUT2D eigenvalue weighted by Gasteiger charge is 2.08. The largest absolute Gasteiger partial charge is 0.504 e. The molecule has 2 aromatic rings. The van der Waals surface area contributed by atoms with E-state index in [4.69, 9.17) is 17.3 Å². The number of halogens is 1. The van der Waals surface area contributed by atoms with Crippen LogP contribution in [0.25, 0.3) is 6.08 Å². The second kappa shape index (κ2) is 7.24. The Bertz CT molecular complexity index is 714. The van der Waals surface area contributed by atoms with Gasteiger partial charge in [0.2, 0.25) is 0 Å². The first-order valence-corrected chi connectivity index (χ1v) is 7.73. The molecule has 0 saturated carbocycles. The summed E-state index contributed by atoms with van der Waals surface area (Å²) in [6, 6.07) is 11.6. The van der Waals surface area contributed by atoms with Gasteiger partial charge in [0, 0.05) is 10.8 Å². The third kappa shape index (κ3) is 4.44. The number of primary amides is 1. The van der Waals surface area contributed by atoms with Crippen molar-refractivity contribution in [2.75, 3.05) is 0 Å². The molecule has 2 aromatic carbocycles. The van der Waals surface area contributed by atoms with Crippen LogP contribution in [0, 0.1) is 0 Å². The van der Waals surface area contributed by atoms with Crippen molar-refractivity contribution in [1.82, 2.24) is 0 Å². The Hall–Kier alpha value is -2.11. The fourth-order valence-electron chi connectivity index (χ4n) is 1.71. The zero-order chi connectivity index (χ0) is 16.1. The molecule has 0 fully saturated rings. The normalized spacial score (nSPS) is 11.4. The Kier molecular flexibility index (Phi) is 5.35. The number of aromatic hydroxyl groups is 2. The number of thioether (sulfide) groups is 1. The molecular weight excluding hydrogens is 322 g/mol. The summed E-state index contributed by atoms with van der Waals surface area (Å²) in [5.41, 5.74) is 6.97. The minimum Gasteiger partial charge on any atom is -0.504 e. The Balaban J connectivity index is 2.15. The molecule has 0 aromatic heterocycles. The zero-order valence-electron chi connectivity index (χ0n) is 11.5. The van der Waals surface area contributed by atoms with E-state index in [1.165, 1.54) is 23.9 Å². The first-order valence-electron chi connectivity index (χ1n) is 6.36. The lowest BCUT2D eigenvalue weighted by Crippen LogP contribution is -2.11. The quantitative estimate of drug-likeness (QED) is 0.576. The number of carbonyl (C=O) groups is 1. The molecule has 4 nitrogen and oxygen atoms in total. The lowest BCUT2D eigenvalue weighted by atomic mass is 10.2. The molecule has 0 aliphatic carbocycles. The summed E-state index contributed by atoms with van der Waals surface area (Å²) in [5, 5.41) is 19.4. The molecule has 0 aliphatic heterocycles. The van der Waals surface area contributed by atoms with Gasteiger partial charge in [0.15, 0.2) is 11.5 Å². The number of amides is 1. The maximum Gasteiger partial charge on any atom is 0.255 e. The van der Waals surface area contributed by atoms with Crippen LogP contribution in [0.2, 0.25) is 5.02 Å². The Morgan fingerprint density at radius 1 is 1.14 bits per heavy atom. The molecular formula is C16H14ClNO3S. The predicted molar refractivity (Wildman–Crippen MR) is 89.7 cm³/mol. The Morgan fingerprint density at radius 3 is 2.41 bits per heavy atom. The van der Waals surface area contributed by atoms with Crippen molar-refractivity contribution in [2.24, 2.45) is 5.73 Å². The summed E-state index contributed by atoms with van der Waals surface area (Å²) in [6.45, 7) is 0. The van der Waals surface area contributed by atoms with E-state index in [9.17, 15) is 15.0 Å². The van der Waals surface area contributed by atoms with Crippen LogP contribution in [0.1, 0.15) is 11.1 Å². The smallest absolute Gasteiger partial charge is 0.255 e. The molecule has 0 bridgehead atoms. The van der Waals surface area contributed by atoms with Crippen molar-refractivity contribution >= 4 is 35.3 Å². The second-order valence-electron chi connectivity index (χ2n) is 4.54. The van der Waals surface area contributed by atoms with Crippen molar-refractivity contribution in [3.05, 3.63) is 63.5 Å². The van der Waals surface area contributed by atoms with Gasteiger partial charge in [-0.05, 0) is 41.5 Å². The van der Waals surface area contributed by atoms with Crippen LogP contribution in [0.15, 0.2) is 47.4 Å². The minimum atomic E-state index is -0.550. The van der Waals surface area contributed by atoms with Crippen LogP contribution in [-0.2, 0) is 10.5 Å². The highest BCUT2D eigenvalue weighted by Crippen LogP contribution is 2.28. The third-order valence-corrected chi connectivity index (χ3v) is 4.21. The van der Waals surface area contributed by atoms with Crippen molar-refractivity contribution < 1.29 is 15.0 Å². The number of phenolic OH excluding ortho intramolecular Hbond substituents is 2. The minimum absolute atomic E-state index is 0.216. The lowest BCUT2D eigenvalue weighted by molar-refractivity contribution is -0.113. The van der Waals surface area contributed by atoms with E-state index in [0.717, 1.165) is 5.56 Å². The van der Waals surface area contributed by atoms with Crippen molar-refractivity contribution in [2.45, 2.75) is 5.75 Å². The van der Waals surface area contributed by atoms with E-state index in [1.54, 1.807) is 24.3 Å². The first-order chi connectivity index (χ1) is 10.5. The van der Waals surface area contributed by atoms with Gasteiger partial charge < -0.3 is 15.9 Å². The van der Waals surface area contributed by atoms with Gasteiger partial charge >= 0.3 is 0 Å². The molecule has 0 radical (unpaired) electrons. The van der Waals surface area contributed by atoms with E-state index in [1.807, 2.05) is 12.1 Å². The van der Waals surface area contributed by atoms with Gasteiger partial charge in [0.25, 0.3) is 5.91 Å².